The SMILES string of the molecule is COc1cc2cc(c1OC)OCCCC(OC(=O)c1ccc(F)cc1)CCN1CCCN(CCCOC2=O)CC1. The molecule has 4 rings (SSSR count). The van der Waals surface area contributed by atoms with E-state index in [4.69, 9.17) is 23.7 Å². The zero-order valence-electron chi connectivity index (χ0n) is 23.4. The molecule has 2 aliphatic rings. The van der Waals surface area contributed by atoms with Crippen molar-refractivity contribution in [3.8, 4) is 17.2 Å². The Morgan fingerprint density at radius 2 is 1.55 bits per heavy atom. The Bertz CT molecular complexity index is 1130. The van der Waals surface area contributed by atoms with E-state index < -0.39 is 17.8 Å². The number of hydrogen-bond acceptors (Lipinski definition) is 9. The van der Waals surface area contributed by atoms with Crippen molar-refractivity contribution in [3.63, 3.8) is 0 Å². The molecule has 10 heteroatoms. The first kappa shape index (κ1) is 29.6. The number of carbonyl (C=O) groups is 2. The van der Waals surface area contributed by atoms with Crippen molar-refractivity contribution in [2.45, 2.75) is 38.2 Å². The third kappa shape index (κ3) is 8.32. The molecule has 4 bridgehead atoms. The quantitative estimate of drug-likeness (QED) is 0.513. The molecule has 2 aliphatic heterocycles. The van der Waals surface area contributed by atoms with Crippen molar-refractivity contribution in [2.24, 2.45) is 0 Å². The number of rotatable bonds is 4. The van der Waals surface area contributed by atoms with Crippen molar-refractivity contribution in [1.29, 1.82) is 0 Å². The van der Waals surface area contributed by atoms with Gasteiger partial charge in [0.15, 0.2) is 11.5 Å². The summed E-state index contributed by atoms with van der Waals surface area (Å²) in [5, 5.41) is 0. The molecular formula is C30H39FN2O7. The molecule has 0 aliphatic carbocycles. The standard InChI is InChI=1S/C30H39FN2O7/c1-36-26-20-23-21-27(28(26)37-2)38-18-3-6-25(40-30(35)22-7-9-24(31)10-8-22)11-15-33-13-4-12-32(16-17-33)14-5-19-39-29(23)34/h7-10,20-21,25H,3-6,11-19H2,1-2H3. The molecule has 3 atom stereocenters. The Hall–Kier alpha value is -3.37. The second kappa shape index (κ2) is 14.9. The van der Waals surface area contributed by atoms with Crippen LogP contribution in [0, 0.1) is 5.82 Å². The summed E-state index contributed by atoms with van der Waals surface area (Å²) in [5.74, 6) is -0.184. The fourth-order valence-corrected chi connectivity index (χ4v) is 5.05. The van der Waals surface area contributed by atoms with Crippen LogP contribution in [0.15, 0.2) is 36.4 Å². The van der Waals surface area contributed by atoms with Crippen molar-refractivity contribution in [3.05, 3.63) is 53.3 Å². The predicted molar refractivity (Wildman–Crippen MR) is 147 cm³/mol. The minimum Gasteiger partial charge on any atom is -0.493 e. The van der Waals surface area contributed by atoms with Crippen LogP contribution in [-0.2, 0) is 9.47 Å². The molecule has 9 nitrogen and oxygen atoms in total. The van der Waals surface area contributed by atoms with Crippen LogP contribution in [0.4, 0.5) is 4.39 Å². The molecule has 0 saturated carbocycles. The van der Waals surface area contributed by atoms with Gasteiger partial charge in [-0.25, -0.2) is 14.0 Å². The third-order valence-corrected chi connectivity index (χ3v) is 7.26. The minimum atomic E-state index is -0.469. The normalized spacial score (nSPS) is 22.9. The second-order valence-electron chi connectivity index (χ2n) is 10.0. The number of carbonyl (C=O) groups excluding carboxylic acids is 2. The van der Waals surface area contributed by atoms with Gasteiger partial charge in [-0.3, -0.25) is 0 Å². The summed E-state index contributed by atoms with van der Waals surface area (Å²) in [6, 6.07) is 8.57. The van der Waals surface area contributed by atoms with Crippen LogP contribution in [0.1, 0.15) is 52.8 Å². The summed E-state index contributed by atoms with van der Waals surface area (Å²) < 4.78 is 41.8. The van der Waals surface area contributed by atoms with Gasteiger partial charge < -0.3 is 33.5 Å². The molecule has 0 spiro atoms. The zero-order chi connectivity index (χ0) is 28.3. The summed E-state index contributed by atoms with van der Waals surface area (Å²) in [7, 11) is 3.01. The smallest absolute Gasteiger partial charge is 0.338 e. The van der Waals surface area contributed by atoms with Crippen LogP contribution >= 0.6 is 0 Å². The van der Waals surface area contributed by atoms with Crippen molar-refractivity contribution in [2.75, 3.05) is 66.7 Å². The van der Waals surface area contributed by atoms with Crippen molar-refractivity contribution in [1.82, 2.24) is 9.80 Å². The van der Waals surface area contributed by atoms with Gasteiger partial charge in [-0.2, -0.15) is 0 Å². The fraction of sp³-hybridized carbons (Fsp3) is 0.533. The van der Waals surface area contributed by atoms with Gasteiger partial charge in [-0.1, -0.05) is 0 Å². The molecule has 218 valence electrons. The van der Waals surface area contributed by atoms with Gasteiger partial charge in [0.2, 0.25) is 5.75 Å². The number of cyclic esters (lactones) is 1. The van der Waals surface area contributed by atoms with E-state index in [0.29, 0.717) is 60.9 Å². The lowest BCUT2D eigenvalue weighted by atomic mass is 10.1. The first-order valence-corrected chi connectivity index (χ1v) is 13.9. The molecule has 0 N–H and O–H groups in total. The molecule has 2 aromatic carbocycles. The van der Waals surface area contributed by atoms with Gasteiger partial charge >= 0.3 is 11.9 Å². The van der Waals surface area contributed by atoms with Crippen molar-refractivity contribution >= 4 is 11.9 Å². The zero-order valence-corrected chi connectivity index (χ0v) is 23.4. The average molecular weight is 559 g/mol. The summed E-state index contributed by atoms with van der Waals surface area (Å²) in [6.07, 6.45) is 3.30. The fourth-order valence-electron chi connectivity index (χ4n) is 5.05. The van der Waals surface area contributed by atoms with E-state index in [-0.39, 0.29) is 6.10 Å². The summed E-state index contributed by atoms with van der Waals surface area (Å²) in [4.78, 5) is 30.5. The molecule has 0 amide bonds. The predicted octanol–water partition coefficient (Wildman–Crippen LogP) is 4.19. The highest BCUT2D eigenvalue weighted by molar-refractivity contribution is 5.91. The molecule has 2 heterocycles. The Kier molecular flexibility index (Phi) is 11.0. The molecular weight excluding hydrogens is 519 g/mol. The molecule has 2 aromatic rings. The molecule has 1 fully saturated rings. The first-order chi connectivity index (χ1) is 19.5. The number of ether oxygens (including phenoxy) is 5. The molecule has 0 radical (unpaired) electrons. The van der Waals surface area contributed by atoms with E-state index in [1.807, 2.05) is 0 Å². The number of esters is 2. The number of halogens is 1. The molecule has 1 saturated heterocycles. The Balaban J connectivity index is 1.51. The van der Waals surface area contributed by atoms with Crippen LogP contribution in [-0.4, -0.2) is 94.5 Å². The van der Waals surface area contributed by atoms with Gasteiger partial charge in [0.05, 0.1) is 38.6 Å². The third-order valence-electron chi connectivity index (χ3n) is 7.26. The first-order valence-electron chi connectivity index (χ1n) is 13.9. The van der Waals surface area contributed by atoms with Crippen LogP contribution in [0.2, 0.25) is 0 Å². The highest BCUT2D eigenvalue weighted by atomic mass is 19.1. The number of methoxy groups -OCH3 is 2. The van der Waals surface area contributed by atoms with E-state index in [9.17, 15) is 14.0 Å². The lowest BCUT2D eigenvalue weighted by Gasteiger charge is -2.24. The van der Waals surface area contributed by atoms with E-state index in [1.54, 1.807) is 12.1 Å². The lowest BCUT2D eigenvalue weighted by Crippen LogP contribution is -2.34. The molecule has 0 aromatic heterocycles. The van der Waals surface area contributed by atoms with Gasteiger partial charge in [0, 0.05) is 26.2 Å². The maximum Gasteiger partial charge on any atom is 0.338 e. The number of fused-ring (bicyclic) bond motifs is 5. The Morgan fingerprint density at radius 1 is 0.850 bits per heavy atom. The van der Waals surface area contributed by atoms with Crippen LogP contribution < -0.4 is 14.2 Å². The maximum atomic E-state index is 13.4. The van der Waals surface area contributed by atoms with E-state index in [2.05, 4.69) is 9.80 Å². The van der Waals surface area contributed by atoms with Crippen LogP contribution in [0.3, 0.4) is 0 Å². The van der Waals surface area contributed by atoms with Crippen LogP contribution in [0.25, 0.3) is 0 Å². The van der Waals surface area contributed by atoms with Gasteiger partial charge in [0.25, 0.3) is 0 Å². The molecule has 3 unspecified atom stereocenters. The highest BCUT2D eigenvalue weighted by Gasteiger charge is 2.22. The maximum absolute atomic E-state index is 13.4. The average Bonchev–Trinajstić information content (AvgIpc) is 3.20. The Labute approximate surface area is 235 Å². The monoisotopic (exact) mass is 558 g/mol. The van der Waals surface area contributed by atoms with Gasteiger partial charge in [-0.05, 0) is 81.6 Å². The van der Waals surface area contributed by atoms with E-state index in [0.717, 1.165) is 52.1 Å². The van der Waals surface area contributed by atoms with Gasteiger partial charge in [0.1, 0.15) is 11.9 Å². The number of hydrogen-bond donors (Lipinski definition) is 0. The summed E-state index contributed by atoms with van der Waals surface area (Å²) >= 11 is 0. The summed E-state index contributed by atoms with van der Waals surface area (Å²) in [6.45, 7) is 6.10. The minimum absolute atomic E-state index is 0.307. The topological polar surface area (TPSA) is 86.8 Å². The lowest BCUT2D eigenvalue weighted by molar-refractivity contribution is 0.0221. The molecule has 40 heavy (non-hydrogen) atoms. The largest absolute Gasteiger partial charge is 0.493 e. The number of nitrogens with zero attached hydrogens (tertiary/aromatic N) is 2. The summed E-state index contributed by atoms with van der Waals surface area (Å²) in [5.41, 5.74) is 0.640. The number of benzene rings is 2. The van der Waals surface area contributed by atoms with Gasteiger partial charge in [-0.15, -0.1) is 0 Å². The van der Waals surface area contributed by atoms with Crippen LogP contribution in [0.5, 0.6) is 17.2 Å². The van der Waals surface area contributed by atoms with E-state index in [1.165, 1.54) is 38.5 Å². The van der Waals surface area contributed by atoms with E-state index >= 15 is 0 Å². The highest BCUT2D eigenvalue weighted by Crippen LogP contribution is 2.39. The Morgan fingerprint density at radius 3 is 2.27 bits per heavy atom. The second-order valence-corrected chi connectivity index (χ2v) is 10.0. The van der Waals surface area contributed by atoms with Crippen molar-refractivity contribution < 1.29 is 37.7 Å².